The van der Waals surface area contributed by atoms with Crippen molar-refractivity contribution in [2.75, 3.05) is 18.4 Å². The first-order valence-corrected chi connectivity index (χ1v) is 9.80. The maximum absolute atomic E-state index is 12.4. The number of piperidine rings is 1. The Morgan fingerprint density at radius 1 is 1.07 bits per heavy atom. The van der Waals surface area contributed by atoms with Crippen LogP contribution in [0.5, 0.6) is 0 Å². The van der Waals surface area contributed by atoms with Crippen LogP contribution in [0.2, 0.25) is 5.02 Å². The summed E-state index contributed by atoms with van der Waals surface area (Å²) in [6, 6.07) is 11.1. The van der Waals surface area contributed by atoms with E-state index in [1.54, 1.807) is 17.1 Å². The van der Waals surface area contributed by atoms with Crippen molar-refractivity contribution in [1.82, 2.24) is 19.7 Å². The van der Waals surface area contributed by atoms with Gasteiger partial charge in [-0.1, -0.05) is 30.2 Å². The highest BCUT2D eigenvalue weighted by Crippen LogP contribution is 2.16. The first kappa shape index (κ1) is 18.7. The average Bonchev–Trinajstić information content (AvgIpc) is 3.34. The molecule has 2 aromatic heterocycles. The molecule has 3 aromatic rings. The van der Waals surface area contributed by atoms with E-state index >= 15 is 0 Å². The molecule has 1 fully saturated rings. The predicted octanol–water partition coefficient (Wildman–Crippen LogP) is 3.81. The van der Waals surface area contributed by atoms with Gasteiger partial charge in [0.2, 0.25) is 5.95 Å². The number of amides is 1. The number of benzene rings is 1. The van der Waals surface area contributed by atoms with Crippen LogP contribution >= 0.6 is 11.6 Å². The minimum absolute atomic E-state index is 0.243. The molecule has 1 aliphatic heterocycles. The van der Waals surface area contributed by atoms with Gasteiger partial charge in [0.1, 0.15) is 12.1 Å². The first-order valence-electron chi connectivity index (χ1n) is 9.42. The molecule has 1 saturated heterocycles. The SMILES string of the molecule is O=C(Nc1ncn(Cc2ccc(Cl)cc2)n1)c1ccc(CN2CCCCC2)o1. The van der Waals surface area contributed by atoms with Gasteiger partial charge in [-0.3, -0.25) is 15.0 Å². The predicted molar refractivity (Wildman–Crippen MR) is 106 cm³/mol. The van der Waals surface area contributed by atoms with Crippen LogP contribution in [0.15, 0.2) is 47.1 Å². The third kappa shape index (κ3) is 4.79. The Morgan fingerprint density at radius 3 is 2.64 bits per heavy atom. The number of hydrogen-bond donors (Lipinski definition) is 1. The molecule has 28 heavy (non-hydrogen) atoms. The summed E-state index contributed by atoms with van der Waals surface area (Å²) in [5.41, 5.74) is 1.04. The second kappa shape index (κ2) is 8.58. The van der Waals surface area contributed by atoms with Gasteiger partial charge >= 0.3 is 0 Å². The molecule has 1 aliphatic rings. The topological polar surface area (TPSA) is 76.2 Å². The molecule has 3 heterocycles. The summed E-state index contributed by atoms with van der Waals surface area (Å²) in [6.07, 6.45) is 5.31. The summed E-state index contributed by atoms with van der Waals surface area (Å²) < 4.78 is 7.36. The standard InChI is InChI=1S/C20H22ClN5O2/c21-16-6-4-15(5-7-16)12-26-14-22-20(24-26)23-19(27)18-9-8-17(28-18)13-25-10-2-1-3-11-25/h4-9,14H,1-3,10-13H2,(H,23,24,27). The van der Waals surface area contributed by atoms with Gasteiger partial charge in [-0.15, -0.1) is 5.10 Å². The minimum atomic E-state index is -0.353. The lowest BCUT2D eigenvalue weighted by atomic mass is 10.1. The van der Waals surface area contributed by atoms with Gasteiger partial charge < -0.3 is 4.42 Å². The molecule has 1 amide bonds. The maximum atomic E-state index is 12.4. The quantitative estimate of drug-likeness (QED) is 0.682. The number of aromatic nitrogens is 3. The van der Waals surface area contributed by atoms with Crippen LogP contribution in [0.4, 0.5) is 5.95 Å². The summed E-state index contributed by atoms with van der Waals surface area (Å²) >= 11 is 5.90. The molecule has 0 atom stereocenters. The number of nitrogens with zero attached hydrogens (tertiary/aromatic N) is 4. The molecule has 0 radical (unpaired) electrons. The Hall–Kier alpha value is -2.64. The molecule has 0 unspecified atom stereocenters. The second-order valence-corrected chi connectivity index (χ2v) is 7.39. The number of rotatable bonds is 6. The third-order valence-electron chi connectivity index (χ3n) is 4.73. The van der Waals surface area contributed by atoms with Gasteiger partial charge in [0.05, 0.1) is 13.1 Å². The molecule has 0 aliphatic carbocycles. The van der Waals surface area contributed by atoms with E-state index in [1.807, 2.05) is 30.3 Å². The Labute approximate surface area is 168 Å². The Morgan fingerprint density at radius 2 is 1.86 bits per heavy atom. The number of hydrogen-bond acceptors (Lipinski definition) is 5. The van der Waals surface area contributed by atoms with E-state index in [9.17, 15) is 4.79 Å². The zero-order valence-electron chi connectivity index (χ0n) is 15.5. The summed E-state index contributed by atoms with van der Waals surface area (Å²) in [6.45, 7) is 3.44. The molecule has 1 aromatic carbocycles. The largest absolute Gasteiger partial charge is 0.455 e. The van der Waals surface area contributed by atoms with Crippen LogP contribution in [-0.2, 0) is 13.1 Å². The highest BCUT2D eigenvalue weighted by Gasteiger charge is 2.16. The van der Waals surface area contributed by atoms with Crippen LogP contribution < -0.4 is 5.32 Å². The van der Waals surface area contributed by atoms with Crippen molar-refractivity contribution in [3.8, 4) is 0 Å². The van der Waals surface area contributed by atoms with Crippen LogP contribution in [0.1, 0.15) is 41.1 Å². The van der Waals surface area contributed by atoms with Crippen molar-refractivity contribution in [3.63, 3.8) is 0 Å². The van der Waals surface area contributed by atoms with Gasteiger partial charge in [-0.2, -0.15) is 0 Å². The van der Waals surface area contributed by atoms with E-state index in [4.69, 9.17) is 16.0 Å². The molecule has 146 valence electrons. The summed E-state index contributed by atoms with van der Waals surface area (Å²) in [4.78, 5) is 18.9. The van der Waals surface area contributed by atoms with E-state index in [0.29, 0.717) is 11.6 Å². The van der Waals surface area contributed by atoms with E-state index in [-0.39, 0.29) is 17.6 Å². The molecular formula is C20H22ClN5O2. The number of anilines is 1. The van der Waals surface area contributed by atoms with Gasteiger partial charge in [-0.05, 0) is 55.8 Å². The van der Waals surface area contributed by atoms with E-state index in [0.717, 1.165) is 31.0 Å². The maximum Gasteiger partial charge on any atom is 0.293 e. The van der Waals surface area contributed by atoms with E-state index in [2.05, 4.69) is 20.3 Å². The molecule has 4 rings (SSSR count). The van der Waals surface area contributed by atoms with Gasteiger partial charge in [0.25, 0.3) is 5.91 Å². The molecule has 7 nitrogen and oxygen atoms in total. The van der Waals surface area contributed by atoms with E-state index < -0.39 is 0 Å². The Balaban J connectivity index is 1.33. The number of nitrogens with one attached hydrogen (secondary N) is 1. The Bertz CT molecular complexity index is 928. The highest BCUT2D eigenvalue weighted by molar-refractivity contribution is 6.30. The zero-order valence-corrected chi connectivity index (χ0v) is 16.2. The fourth-order valence-corrected chi connectivity index (χ4v) is 3.42. The van der Waals surface area contributed by atoms with Crippen molar-refractivity contribution in [2.45, 2.75) is 32.4 Å². The van der Waals surface area contributed by atoms with Crippen molar-refractivity contribution in [1.29, 1.82) is 0 Å². The summed E-state index contributed by atoms with van der Waals surface area (Å²) in [5.74, 6) is 0.955. The van der Waals surface area contributed by atoms with Gasteiger partial charge in [-0.25, -0.2) is 9.67 Å². The van der Waals surface area contributed by atoms with Crippen molar-refractivity contribution < 1.29 is 9.21 Å². The second-order valence-electron chi connectivity index (χ2n) is 6.95. The number of likely N-dealkylation sites (tertiary alicyclic amines) is 1. The average molecular weight is 400 g/mol. The summed E-state index contributed by atoms with van der Waals surface area (Å²) in [5, 5.41) is 7.65. The highest BCUT2D eigenvalue weighted by atomic mass is 35.5. The fraction of sp³-hybridized carbons (Fsp3) is 0.350. The molecule has 1 N–H and O–H groups in total. The molecule has 8 heteroatoms. The summed E-state index contributed by atoms with van der Waals surface area (Å²) in [7, 11) is 0. The Kier molecular flexibility index (Phi) is 5.73. The first-order chi connectivity index (χ1) is 13.7. The normalized spacial score (nSPS) is 14.9. The number of carbonyl (C=O) groups excluding carboxylic acids is 1. The van der Waals surface area contributed by atoms with Crippen molar-refractivity contribution in [2.24, 2.45) is 0 Å². The van der Waals surface area contributed by atoms with Gasteiger partial charge in [0.15, 0.2) is 5.76 Å². The van der Waals surface area contributed by atoms with Crippen LogP contribution in [0.25, 0.3) is 0 Å². The molecule has 0 bridgehead atoms. The molecular weight excluding hydrogens is 378 g/mol. The fourth-order valence-electron chi connectivity index (χ4n) is 3.29. The van der Waals surface area contributed by atoms with Crippen molar-refractivity contribution in [3.05, 3.63) is 64.8 Å². The number of halogens is 1. The minimum Gasteiger partial charge on any atom is -0.455 e. The third-order valence-corrected chi connectivity index (χ3v) is 4.99. The monoisotopic (exact) mass is 399 g/mol. The number of furan rings is 1. The van der Waals surface area contributed by atoms with E-state index in [1.165, 1.54) is 19.3 Å². The van der Waals surface area contributed by atoms with Gasteiger partial charge in [0, 0.05) is 5.02 Å². The van der Waals surface area contributed by atoms with Crippen molar-refractivity contribution >= 4 is 23.5 Å². The van der Waals surface area contributed by atoms with Crippen LogP contribution in [-0.4, -0.2) is 38.7 Å². The lowest BCUT2D eigenvalue weighted by Gasteiger charge is -2.25. The van der Waals surface area contributed by atoms with Crippen LogP contribution in [0.3, 0.4) is 0 Å². The zero-order chi connectivity index (χ0) is 19.3. The lowest BCUT2D eigenvalue weighted by Crippen LogP contribution is -2.28. The number of carbonyl (C=O) groups is 1. The lowest BCUT2D eigenvalue weighted by molar-refractivity contribution is 0.0991. The molecule has 0 saturated carbocycles. The van der Waals surface area contributed by atoms with Crippen LogP contribution in [0, 0.1) is 0 Å². The smallest absolute Gasteiger partial charge is 0.293 e. The molecule has 0 spiro atoms.